The molecular weight excluding hydrogens is 326 g/mol. The average molecular weight is 353 g/mol. The lowest BCUT2D eigenvalue weighted by Crippen LogP contribution is -2.37. The smallest absolute Gasteiger partial charge is 0.292 e. The number of aryl methyl sites for hydroxylation is 2. The molecule has 138 valence electrons. The normalized spacial score (nSPS) is 17.2. The fourth-order valence-electron chi connectivity index (χ4n) is 3.65. The van der Waals surface area contributed by atoms with Crippen LogP contribution in [0.15, 0.2) is 36.4 Å². The molecule has 0 unspecified atom stereocenters. The fourth-order valence-corrected chi connectivity index (χ4v) is 3.65. The van der Waals surface area contributed by atoms with E-state index in [4.69, 9.17) is 0 Å². The van der Waals surface area contributed by atoms with E-state index in [2.05, 4.69) is 49.2 Å². The molecule has 1 atom stereocenters. The highest BCUT2D eigenvalue weighted by Gasteiger charge is 2.25. The van der Waals surface area contributed by atoms with Crippen LogP contribution >= 0.6 is 0 Å². The molecule has 2 aromatic rings. The Morgan fingerprint density at radius 2 is 2.00 bits per heavy atom. The van der Waals surface area contributed by atoms with Gasteiger partial charge < -0.3 is 10.2 Å². The van der Waals surface area contributed by atoms with E-state index in [1.807, 2.05) is 12.1 Å². The van der Waals surface area contributed by atoms with E-state index < -0.39 is 0 Å². The van der Waals surface area contributed by atoms with Crippen molar-refractivity contribution in [2.24, 2.45) is 0 Å². The minimum atomic E-state index is -0.252. The summed E-state index contributed by atoms with van der Waals surface area (Å²) < 4.78 is 0. The summed E-state index contributed by atoms with van der Waals surface area (Å²) in [7, 11) is 0. The van der Waals surface area contributed by atoms with Crippen LogP contribution in [0.25, 0.3) is 0 Å². The summed E-state index contributed by atoms with van der Waals surface area (Å²) in [5.74, 6) is 0. The molecule has 5 nitrogen and oxygen atoms in total. The fraction of sp³-hybridized carbons (Fsp3) is 0.429. The van der Waals surface area contributed by atoms with Gasteiger partial charge in [0.25, 0.3) is 5.69 Å². The van der Waals surface area contributed by atoms with Crippen molar-refractivity contribution in [1.29, 1.82) is 0 Å². The van der Waals surface area contributed by atoms with Gasteiger partial charge in [-0.2, -0.15) is 0 Å². The Labute approximate surface area is 155 Å². The SMILES string of the molecule is Cc1ccc(C)c(NCc2ccc(N3CCCC[C@H]3C)c([N+](=O)[O-])c2)c1. The zero-order valence-electron chi connectivity index (χ0n) is 15.8. The van der Waals surface area contributed by atoms with Gasteiger partial charge in [-0.15, -0.1) is 0 Å². The summed E-state index contributed by atoms with van der Waals surface area (Å²) in [6.07, 6.45) is 3.38. The number of hydrogen-bond donors (Lipinski definition) is 1. The lowest BCUT2D eigenvalue weighted by atomic mass is 10.0. The molecule has 0 radical (unpaired) electrons. The van der Waals surface area contributed by atoms with Crippen molar-refractivity contribution in [3.8, 4) is 0 Å². The van der Waals surface area contributed by atoms with Crippen molar-refractivity contribution in [2.45, 2.75) is 52.6 Å². The molecule has 0 spiro atoms. The van der Waals surface area contributed by atoms with E-state index in [1.165, 1.54) is 17.5 Å². The van der Waals surface area contributed by atoms with Gasteiger partial charge in [0.1, 0.15) is 5.69 Å². The van der Waals surface area contributed by atoms with Crippen molar-refractivity contribution in [2.75, 3.05) is 16.8 Å². The summed E-state index contributed by atoms with van der Waals surface area (Å²) in [5.41, 5.74) is 5.31. The minimum Gasteiger partial charge on any atom is -0.381 e. The van der Waals surface area contributed by atoms with E-state index in [9.17, 15) is 10.1 Å². The highest BCUT2D eigenvalue weighted by atomic mass is 16.6. The van der Waals surface area contributed by atoms with Gasteiger partial charge >= 0.3 is 0 Å². The van der Waals surface area contributed by atoms with Crippen molar-refractivity contribution >= 4 is 17.1 Å². The first-order valence-corrected chi connectivity index (χ1v) is 9.31. The lowest BCUT2D eigenvalue weighted by Gasteiger charge is -2.35. The van der Waals surface area contributed by atoms with E-state index in [-0.39, 0.29) is 10.6 Å². The van der Waals surface area contributed by atoms with Crippen LogP contribution in [0.5, 0.6) is 0 Å². The van der Waals surface area contributed by atoms with Crippen molar-refractivity contribution in [1.82, 2.24) is 0 Å². The number of piperidine rings is 1. The number of nitro benzene ring substituents is 1. The van der Waals surface area contributed by atoms with Crippen LogP contribution < -0.4 is 10.2 Å². The van der Waals surface area contributed by atoms with Crippen molar-refractivity contribution in [3.63, 3.8) is 0 Å². The summed E-state index contributed by atoms with van der Waals surface area (Å²) in [4.78, 5) is 13.6. The molecule has 0 bridgehead atoms. The number of anilines is 2. The van der Waals surface area contributed by atoms with Gasteiger partial charge in [0.2, 0.25) is 0 Å². The van der Waals surface area contributed by atoms with Gasteiger partial charge in [0.05, 0.1) is 4.92 Å². The number of hydrogen-bond acceptors (Lipinski definition) is 4. The Morgan fingerprint density at radius 1 is 1.19 bits per heavy atom. The van der Waals surface area contributed by atoms with Crippen molar-refractivity contribution in [3.05, 3.63) is 63.2 Å². The third-order valence-electron chi connectivity index (χ3n) is 5.22. The molecule has 2 aromatic carbocycles. The molecule has 26 heavy (non-hydrogen) atoms. The average Bonchev–Trinajstić information content (AvgIpc) is 2.63. The molecule has 1 aliphatic heterocycles. The maximum atomic E-state index is 11.7. The topological polar surface area (TPSA) is 58.4 Å². The van der Waals surface area contributed by atoms with Crippen LogP contribution in [-0.2, 0) is 6.54 Å². The molecule has 1 saturated heterocycles. The number of nitro groups is 1. The Kier molecular flexibility index (Phi) is 5.45. The molecule has 5 heteroatoms. The highest BCUT2D eigenvalue weighted by molar-refractivity contribution is 5.65. The summed E-state index contributed by atoms with van der Waals surface area (Å²) in [5, 5.41) is 15.1. The van der Waals surface area contributed by atoms with Gasteiger partial charge in [-0.1, -0.05) is 18.2 Å². The second-order valence-corrected chi connectivity index (χ2v) is 7.29. The number of benzene rings is 2. The van der Waals surface area contributed by atoms with E-state index >= 15 is 0 Å². The second kappa shape index (κ2) is 7.77. The van der Waals surface area contributed by atoms with Crippen LogP contribution in [0.4, 0.5) is 17.1 Å². The van der Waals surface area contributed by atoms with Crippen LogP contribution in [0, 0.1) is 24.0 Å². The molecule has 1 aliphatic rings. The summed E-state index contributed by atoms with van der Waals surface area (Å²) >= 11 is 0. The Balaban J connectivity index is 1.82. The standard InChI is InChI=1S/C21H27N3O2/c1-15-7-8-16(2)19(12-15)22-14-18-9-10-20(21(13-18)24(25)26)23-11-5-4-6-17(23)3/h7-10,12-13,17,22H,4-6,11,14H2,1-3H3/t17-/m1/s1. The largest absolute Gasteiger partial charge is 0.381 e. The monoisotopic (exact) mass is 353 g/mol. The van der Waals surface area contributed by atoms with Gasteiger partial charge in [-0.05, 0) is 68.9 Å². The van der Waals surface area contributed by atoms with Crippen LogP contribution in [0.1, 0.15) is 42.9 Å². The first-order valence-electron chi connectivity index (χ1n) is 9.31. The van der Waals surface area contributed by atoms with E-state index in [0.717, 1.165) is 36.3 Å². The molecule has 0 amide bonds. The quantitative estimate of drug-likeness (QED) is 0.593. The summed E-state index contributed by atoms with van der Waals surface area (Å²) in [6.45, 7) is 7.73. The van der Waals surface area contributed by atoms with Crippen LogP contribution in [0.3, 0.4) is 0 Å². The maximum absolute atomic E-state index is 11.7. The molecule has 1 N–H and O–H groups in total. The van der Waals surface area contributed by atoms with E-state index in [1.54, 1.807) is 6.07 Å². The Hall–Kier alpha value is -2.56. The van der Waals surface area contributed by atoms with E-state index in [0.29, 0.717) is 12.6 Å². The van der Waals surface area contributed by atoms with Gasteiger partial charge in [-0.25, -0.2) is 0 Å². The molecular formula is C21H27N3O2. The molecule has 3 rings (SSSR count). The lowest BCUT2D eigenvalue weighted by molar-refractivity contribution is -0.384. The second-order valence-electron chi connectivity index (χ2n) is 7.29. The molecule has 1 heterocycles. The third kappa shape index (κ3) is 3.98. The zero-order valence-corrected chi connectivity index (χ0v) is 15.8. The van der Waals surface area contributed by atoms with Crippen molar-refractivity contribution < 1.29 is 4.92 Å². The van der Waals surface area contributed by atoms with Gasteiger partial charge in [0, 0.05) is 30.9 Å². The number of nitrogens with zero attached hydrogens (tertiary/aromatic N) is 2. The number of rotatable bonds is 5. The highest BCUT2D eigenvalue weighted by Crippen LogP contribution is 2.34. The summed E-state index contributed by atoms with van der Waals surface area (Å²) in [6, 6.07) is 12.3. The number of nitrogens with one attached hydrogen (secondary N) is 1. The zero-order chi connectivity index (χ0) is 18.7. The third-order valence-corrected chi connectivity index (χ3v) is 5.22. The Morgan fingerprint density at radius 3 is 2.73 bits per heavy atom. The van der Waals surface area contributed by atoms with Gasteiger partial charge in [-0.3, -0.25) is 10.1 Å². The molecule has 0 aromatic heterocycles. The minimum absolute atomic E-state index is 0.207. The molecule has 0 aliphatic carbocycles. The predicted octanol–water partition coefficient (Wildman–Crippen LogP) is 5.20. The molecule has 0 saturated carbocycles. The Bertz CT molecular complexity index is 804. The molecule has 1 fully saturated rings. The maximum Gasteiger partial charge on any atom is 0.292 e. The van der Waals surface area contributed by atoms with Gasteiger partial charge in [0.15, 0.2) is 0 Å². The van der Waals surface area contributed by atoms with Crippen LogP contribution in [0.2, 0.25) is 0 Å². The first-order chi connectivity index (χ1) is 12.5. The predicted molar refractivity (Wildman–Crippen MR) is 107 cm³/mol. The first kappa shape index (κ1) is 18.2. The van der Waals surface area contributed by atoms with Crippen LogP contribution in [-0.4, -0.2) is 17.5 Å².